The van der Waals surface area contributed by atoms with Gasteiger partial charge in [-0.1, -0.05) is 0 Å². The molecule has 0 aliphatic heterocycles. The van der Waals surface area contributed by atoms with E-state index in [0.29, 0.717) is 22.6 Å². The van der Waals surface area contributed by atoms with E-state index in [0.717, 1.165) is 0 Å². The molecule has 0 saturated carbocycles. The molecule has 0 aromatic carbocycles. The first kappa shape index (κ1) is 23.0. The van der Waals surface area contributed by atoms with E-state index in [1.54, 1.807) is 0 Å². The largest absolute Gasteiger partial charge is 0.391 e. The Morgan fingerprint density at radius 3 is 0.737 bits per heavy atom. The third-order valence-corrected chi connectivity index (χ3v) is 4.13. The molecule has 0 aromatic rings. The topological polar surface area (TPSA) is 0 Å². The van der Waals surface area contributed by atoms with Crippen molar-refractivity contribution in [3.8, 4) is 0 Å². The van der Waals surface area contributed by atoms with Gasteiger partial charge < -0.3 is 0 Å². The molecular formula is C5Br2F10I2. The van der Waals surface area contributed by atoms with Crippen molar-refractivity contribution < 1.29 is 43.9 Å². The molecule has 0 rings (SSSR count). The summed E-state index contributed by atoms with van der Waals surface area (Å²) < 4.78 is 107. The predicted molar refractivity (Wildman–Crippen MR) is 70.6 cm³/mol. The summed E-state index contributed by atoms with van der Waals surface area (Å²) in [6, 6.07) is 0. The first-order valence-electron chi connectivity index (χ1n) is 3.40. The number of hydrogen-bond donors (Lipinski definition) is 0. The van der Waals surface area contributed by atoms with E-state index in [4.69, 9.17) is 0 Å². The molecule has 0 unspecified atom stereocenters. The molecule has 14 heteroatoms. The lowest BCUT2D eigenvalue weighted by Crippen LogP contribution is -2.47. The molecule has 0 fully saturated rings. The van der Waals surface area contributed by atoms with Crippen LogP contribution >= 0.6 is 77.0 Å². The summed E-state index contributed by atoms with van der Waals surface area (Å²) in [5.41, 5.74) is 0. The lowest BCUT2D eigenvalue weighted by atomic mass is 10.4. The first-order valence-corrected chi connectivity index (χ1v) is 7.14. The summed E-state index contributed by atoms with van der Waals surface area (Å²) in [7, 11) is 0. The van der Waals surface area contributed by atoms with Crippen LogP contribution in [-0.2, 0) is 0 Å². The van der Waals surface area contributed by atoms with Gasteiger partial charge in [-0.05, 0) is 31.9 Å². The molecule has 0 bridgehead atoms. The number of hydrogen-bond acceptors (Lipinski definition) is 0. The van der Waals surface area contributed by atoms with E-state index in [1.165, 1.54) is 31.9 Å². The Bertz CT molecular complexity index is 256. The molecule has 0 nitrogen and oxygen atoms in total. The molecule has 0 aromatic heterocycles. The Morgan fingerprint density at radius 2 is 0.737 bits per heavy atom. The summed E-state index contributed by atoms with van der Waals surface area (Å²) in [5.74, 6) is -5.39. The Hall–Kier alpha value is 1.72. The van der Waals surface area contributed by atoms with Crippen molar-refractivity contribution in [2.24, 2.45) is 0 Å². The molecule has 0 spiro atoms. The number of rotatable bonds is 3. The van der Waals surface area contributed by atoms with Crippen molar-refractivity contribution in [2.75, 3.05) is 0 Å². The third-order valence-electron chi connectivity index (χ3n) is 1.03. The molecule has 0 saturated heterocycles. The Morgan fingerprint density at radius 1 is 0.526 bits per heavy atom. The Labute approximate surface area is 143 Å². The van der Waals surface area contributed by atoms with Crippen LogP contribution in [0.5, 0.6) is 0 Å². The Kier molecular flexibility index (Phi) is 8.31. The van der Waals surface area contributed by atoms with Gasteiger partial charge in [0.05, 0.1) is 0 Å². The minimum absolute atomic E-state index is 0.0487. The molecule has 0 N–H and O–H groups in total. The maximum Gasteiger partial charge on any atom is 0.391 e. The van der Waals surface area contributed by atoms with Crippen LogP contribution in [0, 0.1) is 0 Å². The van der Waals surface area contributed by atoms with Crippen LogP contribution in [0.3, 0.4) is 0 Å². The fraction of sp³-hybridized carbons (Fsp3) is 1.00. The molecule has 0 aliphatic carbocycles. The van der Waals surface area contributed by atoms with Crippen LogP contribution < -0.4 is 0 Å². The second-order valence-electron chi connectivity index (χ2n) is 2.57. The van der Waals surface area contributed by atoms with Gasteiger partial charge >= 0.3 is 23.4 Å². The summed E-state index contributed by atoms with van der Waals surface area (Å²) in [4.78, 5) is -8.99. The smallest absolute Gasteiger partial charge is 0.191 e. The van der Waals surface area contributed by atoms with Gasteiger partial charge in [-0.15, -0.1) is 0 Å². The maximum atomic E-state index is 11.9. The van der Waals surface area contributed by atoms with Crippen LogP contribution in [0.4, 0.5) is 43.9 Å². The van der Waals surface area contributed by atoms with Gasteiger partial charge in [0.2, 0.25) is 0 Å². The fourth-order valence-corrected chi connectivity index (χ4v) is 1.12. The van der Waals surface area contributed by atoms with Crippen LogP contribution in [0.25, 0.3) is 0 Å². The number of halogens is 14. The SMILES string of the molecule is FC(F)(Br)C(F)(F)C(F)(F)I.FC(F)(Br)C(F)(F)I. The fourth-order valence-electron chi connectivity index (χ4n) is 0.161. The standard InChI is InChI=1S/C3BrF6I.C2BrF4I/c4-2(7,8)1(5,6)3(9,10)11;3-1(4,5)2(6,7)8. The summed E-state index contributed by atoms with van der Waals surface area (Å²) in [6.07, 6.45) is 0. The van der Waals surface area contributed by atoms with Crippen LogP contribution in [-0.4, -0.2) is 23.4 Å². The van der Waals surface area contributed by atoms with Crippen molar-refractivity contribution in [1.29, 1.82) is 0 Å². The van der Waals surface area contributed by atoms with E-state index in [-0.39, 0.29) is 22.6 Å². The molecule has 0 amide bonds. The van der Waals surface area contributed by atoms with Gasteiger partial charge in [0.15, 0.2) is 0 Å². The summed E-state index contributed by atoms with van der Waals surface area (Å²) >= 11 is 2.98. The third kappa shape index (κ3) is 7.51. The van der Waals surface area contributed by atoms with Gasteiger partial charge in [-0.2, -0.15) is 43.9 Å². The molecule has 19 heavy (non-hydrogen) atoms. The van der Waals surface area contributed by atoms with Gasteiger partial charge in [-0.3, -0.25) is 0 Å². The lowest BCUT2D eigenvalue weighted by Gasteiger charge is -2.25. The zero-order chi connectivity index (χ0) is 16.5. The zero-order valence-electron chi connectivity index (χ0n) is 7.79. The highest BCUT2D eigenvalue weighted by molar-refractivity contribution is 14.1. The quantitative estimate of drug-likeness (QED) is 0.181. The molecule has 0 radical (unpaired) electrons. The van der Waals surface area contributed by atoms with Gasteiger partial charge in [0.1, 0.15) is 0 Å². The molecule has 0 heterocycles. The molecule has 118 valence electrons. The van der Waals surface area contributed by atoms with Crippen molar-refractivity contribution in [3.63, 3.8) is 0 Å². The van der Waals surface area contributed by atoms with Crippen LogP contribution in [0.2, 0.25) is 0 Å². The van der Waals surface area contributed by atoms with Crippen LogP contribution in [0.15, 0.2) is 0 Å². The van der Waals surface area contributed by atoms with E-state index in [1.807, 2.05) is 0 Å². The van der Waals surface area contributed by atoms with Crippen molar-refractivity contribution in [3.05, 3.63) is 0 Å². The summed E-state index contributed by atoms with van der Waals surface area (Å²) in [5, 5.41) is 0. The van der Waals surface area contributed by atoms with E-state index >= 15 is 0 Å². The highest BCUT2D eigenvalue weighted by Gasteiger charge is 2.69. The lowest BCUT2D eigenvalue weighted by molar-refractivity contribution is -0.226. The summed E-state index contributed by atoms with van der Waals surface area (Å²) in [6.45, 7) is 0. The average molecular weight is 664 g/mol. The first-order chi connectivity index (χ1) is 7.75. The minimum Gasteiger partial charge on any atom is -0.191 e. The van der Waals surface area contributed by atoms with Gasteiger partial charge in [-0.25, -0.2) is 0 Å². The molecule has 0 atom stereocenters. The predicted octanol–water partition coefficient (Wildman–Crippen LogP) is 6.64. The molecular weight excluding hydrogens is 664 g/mol. The highest BCUT2D eigenvalue weighted by Crippen LogP contribution is 2.51. The average Bonchev–Trinajstić information content (AvgIpc) is 1.96. The zero-order valence-corrected chi connectivity index (χ0v) is 15.3. The maximum absolute atomic E-state index is 11.9. The van der Waals surface area contributed by atoms with Crippen molar-refractivity contribution in [1.82, 2.24) is 0 Å². The van der Waals surface area contributed by atoms with Crippen molar-refractivity contribution >= 4 is 77.0 Å². The normalized spacial score (nSPS) is 14.8. The van der Waals surface area contributed by atoms with E-state index in [2.05, 4.69) is 0 Å². The molecule has 0 aliphatic rings. The van der Waals surface area contributed by atoms with Gasteiger partial charge in [0.25, 0.3) is 0 Å². The van der Waals surface area contributed by atoms with E-state index < -0.39 is 23.4 Å². The van der Waals surface area contributed by atoms with Gasteiger partial charge in [0, 0.05) is 45.2 Å². The second kappa shape index (κ2) is 6.87. The Balaban J connectivity index is 0. The van der Waals surface area contributed by atoms with E-state index in [9.17, 15) is 43.9 Å². The minimum atomic E-state index is -5.39. The monoisotopic (exact) mass is 662 g/mol. The van der Waals surface area contributed by atoms with Crippen LogP contribution in [0.1, 0.15) is 0 Å². The number of alkyl halides is 14. The second-order valence-corrected chi connectivity index (χ2v) is 7.27. The van der Waals surface area contributed by atoms with Crippen molar-refractivity contribution in [2.45, 2.75) is 23.4 Å². The highest BCUT2D eigenvalue weighted by atomic mass is 127.